The van der Waals surface area contributed by atoms with E-state index in [2.05, 4.69) is 10.3 Å². The highest BCUT2D eigenvalue weighted by atomic mass is 35.5. The summed E-state index contributed by atoms with van der Waals surface area (Å²) in [6, 6.07) is 10.8. The largest absolute Gasteiger partial charge is 0.380 e. The predicted molar refractivity (Wildman–Crippen MR) is 112 cm³/mol. The number of carbonyl (C=O) groups is 2. The van der Waals surface area contributed by atoms with Crippen molar-refractivity contribution in [3.05, 3.63) is 58.1 Å². The molecule has 0 spiro atoms. The van der Waals surface area contributed by atoms with Gasteiger partial charge < -0.3 is 10.1 Å². The lowest BCUT2D eigenvalue weighted by Crippen LogP contribution is -2.15. The highest BCUT2D eigenvalue weighted by Gasteiger charge is 2.24. The number of ether oxygens (including phenoxy) is 1. The molecule has 1 aromatic carbocycles. The van der Waals surface area contributed by atoms with E-state index in [1.54, 1.807) is 31.4 Å². The zero-order chi connectivity index (χ0) is 18.7. The Morgan fingerprint density at radius 2 is 1.96 bits per heavy atom. The number of halogens is 2. The number of aromatic nitrogens is 1. The first-order valence-corrected chi connectivity index (χ1v) is 9.27. The normalized spacial score (nSPS) is 10.5. The Kier molecular flexibility index (Phi) is 7.33. The number of nitrogens with one attached hydrogen (secondary N) is 1. The first kappa shape index (κ1) is 21.3. The Labute approximate surface area is 172 Å². The number of alkyl halides is 1. The number of ketones is 1. The number of anilines is 1. The Balaban J connectivity index is 0.00000261. The van der Waals surface area contributed by atoms with Gasteiger partial charge in [-0.3, -0.25) is 9.59 Å². The van der Waals surface area contributed by atoms with Gasteiger partial charge in [0.1, 0.15) is 15.6 Å². The summed E-state index contributed by atoms with van der Waals surface area (Å²) >= 11 is 6.92. The molecule has 1 amide bonds. The predicted octanol–water partition coefficient (Wildman–Crippen LogP) is 4.58. The molecule has 0 aliphatic carbocycles. The monoisotopic (exact) mass is 424 g/mol. The number of fused-ring (bicyclic) bond motifs is 1. The lowest BCUT2D eigenvalue weighted by Gasteiger charge is -2.09. The Hall–Kier alpha value is -1.99. The van der Waals surface area contributed by atoms with Gasteiger partial charge in [0, 0.05) is 23.8 Å². The van der Waals surface area contributed by atoms with Crippen molar-refractivity contribution < 1.29 is 14.3 Å². The molecular formula is C19H18Cl2N2O3S. The smallest absolute Gasteiger partial charge is 0.239 e. The summed E-state index contributed by atoms with van der Waals surface area (Å²) in [5, 5.41) is 3.50. The molecule has 0 fully saturated rings. The van der Waals surface area contributed by atoms with Gasteiger partial charge in [0.15, 0.2) is 0 Å². The van der Waals surface area contributed by atoms with Crippen molar-refractivity contribution in [3.63, 3.8) is 0 Å². The van der Waals surface area contributed by atoms with Gasteiger partial charge in [-0.15, -0.1) is 35.3 Å². The Morgan fingerprint density at radius 3 is 2.59 bits per heavy atom. The van der Waals surface area contributed by atoms with Crippen LogP contribution < -0.4 is 5.32 Å². The number of nitrogens with zero attached hydrogens (tertiary/aromatic N) is 1. The SMILES string of the molecule is COCc1cc(C)nc2sc(C(=O)c3ccccc3)c(NC(=O)CCl)c12.Cl. The summed E-state index contributed by atoms with van der Waals surface area (Å²) in [6.45, 7) is 2.23. The number of carbonyl (C=O) groups excluding carboxylic acids is 2. The Morgan fingerprint density at radius 1 is 1.26 bits per heavy atom. The average molecular weight is 425 g/mol. The van der Waals surface area contributed by atoms with Gasteiger partial charge in [0.2, 0.25) is 11.7 Å². The van der Waals surface area contributed by atoms with Gasteiger partial charge in [-0.25, -0.2) is 4.98 Å². The number of hydrogen-bond acceptors (Lipinski definition) is 5. The van der Waals surface area contributed by atoms with Crippen molar-refractivity contribution in [3.8, 4) is 0 Å². The van der Waals surface area contributed by atoms with Crippen LogP contribution >= 0.6 is 35.3 Å². The van der Waals surface area contributed by atoms with Crippen molar-refractivity contribution in [2.75, 3.05) is 18.3 Å². The van der Waals surface area contributed by atoms with Gasteiger partial charge in [-0.05, 0) is 18.6 Å². The molecule has 0 saturated heterocycles. The molecule has 27 heavy (non-hydrogen) atoms. The summed E-state index contributed by atoms with van der Waals surface area (Å²) in [4.78, 5) is 30.6. The van der Waals surface area contributed by atoms with Crippen molar-refractivity contribution in [1.29, 1.82) is 0 Å². The minimum atomic E-state index is -0.377. The second-order valence-electron chi connectivity index (χ2n) is 5.72. The standard InChI is InChI=1S/C19H17ClN2O3S.ClH/c1-11-8-13(10-25-2)15-16(22-14(23)9-20)18(26-19(15)21-11)17(24)12-6-4-3-5-7-12;/h3-8H,9-10H2,1-2H3,(H,22,23);1H. The van der Waals surface area contributed by atoms with Crippen LogP contribution in [0, 0.1) is 6.92 Å². The molecule has 0 aliphatic heterocycles. The number of thiophene rings is 1. The van der Waals surface area contributed by atoms with Crippen LogP contribution in [-0.4, -0.2) is 29.7 Å². The zero-order valence-electron chi connectivity index (χ0n) is 14.7. The summed E-state index contributed by atoms with van der Waals surface area (Å²) < 4.78 is 5.28. The van der Waals surface area contributed by atoms with Crippen molar-refractivity contribution >= 4 is 62.9 Å². The van der Waals surface area contributed by atoms with Crippen molar-refractivity contribution in [2.45, 2.75) is 13.5 Å². The number of pyridine rings is 1. The van der Waals surface area contributed by atoms with Gasteiger partial charge in [-0.2, -0.15) is 0 Å². The molecule has 142 valence electrons. The van der Waals surface area contributed by atoms with Gasteiger partial charge >= 0.3 is 0 Å². The maximum absolute atomic E-state index is 13.0. The fraction of sp³-hybridized carbons (Fsp3) is 0.211. The third-order valence-corrected chi connectivity index (χ3v) is 5.12. The van der Waals surface area contributed by atoms with Crippen LogP contribution in [0.2, 0.25) is 0 Å². The molecule has 0 atom stereocenters. The van der Waals surface area contributed by atoms with E-state index in [9.17, 15) is 9.59 Å². The number of rotatable bonds is 6. The molecule has 0 saturated carbocycles. The third kappa shape index (κ3) is 4.47. The first-order chi connectivity index (χ1) is 12.5. The molecule has 2 aromatic heterocycles. The van der Waals surface area contributed by atoms with Crippen LogP contribution in [0.15, 0.2) is 36.4 Å². The summed E-state index contributed by atoms with van der Waals surface area (Å²) in [5.41, 5.74) is 2.68. The molecule has 0 bridgehead atoms. The highest BCUT2D eigenvalue weighted by molar-refractivity contribution is 7.21. The second-order valence-corrected chi connectivity index (χ2v) is 6.99. The quantitative estimate of drug-likeness (QED) is 0.464. The number of hydrogen-bond donors (Lipinski definition) is 1. The number of aryl methyl sites for hydroxylation is 1. The summed E-state index contributed by atoms with van der Waals surface area (Å²) in [5.74, 6) is -0.744. The molecule has 3 rings (SSSR count). The number of methoxy groups -OCH3 is 1. The highest BCUT2D eigenvalue weighted by Crippen LogP contribution is 2.39. The molecule has 0 aliphatic rings. The number of benzene rings is 1. The molecular weight excluding hydrogens is 407 g/mol. The number of amides is 1. The molecule has 3 aromatic rings. The van der Waals surface area contributed by atoms with Gasteiger partial charge in [0.25, 0.3) is 0 Å². The van der Waals surface area contributed by atoms with Gasteiger partial charge in [-0.1, -0.05) is 30.3 Å². The van der Waals surface area contributed by atoms with E-state index in [1.807, 2.05) is 19.1 Å². The minimum absolute atomic E-state index is 0. The van der Waals surface area contributed by atoms with Crippen LogP contribution in [0.5, 0.6) is 0 Å². The molecule has 2 heterocycles. The van der Waals surface area contributed by atoms with Crippen molar-refractivity contribution in [2.24, 2.45) is 0 Å². The summed E-state index contributed by atoms with van der Waals surface area (Å²) in [6.07, 6.45) is 0. The first-order valence-electron chi connectivity index (χ1n) is 7.92. The fourth-order valence-corrected chi connectivity index (χ4v) is 4.01. The van der Waals surface area contributed by atoms with E-state index in [4.69, 9.17) is 16.3 Å². The van der Waals surface area contributed by atoms with Crippen LogP contribution in [0.3, 0.4) is 0 Å². The maximum Gasteiger partial charge on any atom is 0.239 e. The van der Waals surface area contributed by atoms with E-state index in [0.29, 0.717) is 27.6 Å². The lowest BCUT2D eigenvalue weighted by molar-refractivity contribution is -0.113. The van der Waals surface area contributed by atoms with E-state index in [1.165, 1.54) is 11.3 Å². The average Bonchev–Trinajstić information content (AvgIpc) is 3.00. The maximum atomic E-state index is 13.0. The lowest BCUT2D eigenvalue weighted by atomic mass is 10.1. The van der Waals surface area contributed by atoms with Crippen LogP contribution in [0.25, 0.3) is 10.2 Å². The van der Waals surface area contributed by atoms with Crippen molar-refractivity contribution in [1.82, 2.24) is 4.98 Å². The molecule has 0 radical (unpaired) electrons. The van der Waals surface area contributed by atoms with Crippen LogP contribution in [0.4, 0.5) is 5.69 Å². The third-order valence-electron chi connectivity index (χ3n) is 3.80. The minimum Gasteiger partial charge on any atom is -0.380 e. The van der Waals surface area contributed by atoms with Crippen LogP contribution in [0.1, 0.15) is 26.5 Å². The van der Waals surface area contributed by atoms with E-state index in [-0.39, 0.29) is 30.0 Å². The molecule has 5 nitrogen and oxygen atoms in total. The molecule has 8 heteroatoms. The van der Waals surface area contributed by atoms with Crippen LogP contribution in [-0.2, 0) is 16.1 Å². The van der Waals surface area contributed by atoms with E-state index in [0.717, 1.165) is 16.6 Å². The van der Waals surface area contributed by atoms with E-state index < -0.39 is 0 Å². The Bertz CT molecular complexity index is 974. The second kappa shape index (κ2) is 9.28. The fourth-order valence-electron chi connectivity index (χ4n) is 2.75. The molecule has 1 N–H and O–H groups in total. The van der Waals surface area contributed by atoms with Gasteiger partial charge in [0.05, 0.1) is 12.3 Å². The topological polar surface area (TPSA) is 68.3 Å². The zero-order valence-corrected chi connectivity index (χ0v) is 17.1. The summed E-state index contributed by atoms with van der Waals surface area (Å²) in [7, 11) is 1.60. The van der Waals surface area contributed by atoms with E-state index >= 15 is 0 Å². The molecule has 0 unspecified atom stereocenters.